The summed E-state index contributed by atoms with van der Waals surface area (Å²) in [5, 5.41) is 2.38. The number of rotatable bonds is 6. The molecule has 212 valence electrons. The highest BCUT2D eigenvalue weighted by molar-refractivity contribution is 6.05. The Bertz CT molecular complexity index is 1070. The summed E-state index contributed by atoms with van der Waals surface area (Å²) in [6.45, 7) is 12.2. The number of benzene rings is 1. The molecule has 9 heteroatoms. The molecule has 0 radical (unpaired) electrons. The molecule has 5 aliphatic heterocycles. The molecule has 0 aromatic heterocycles. The first-order valence-corrected chi connectivity index (χ1v) is 15.1. The number of anilines is 1. The van der Waals surface area contributed by atoms with Crippen LogP contribution in [0.4, 0.5) is 5.69 Å². The van der Waals surface area contributed by atoms with Crippen molar-refractivity contribution in [3.05, 3.63) is 29.3 Å². The van der Waals surface area contributed by atoms with Gasteiger partial charge in [0.15, 0.2) is 0 Å². The van der Waals surface area contributed by atoms with Crippen LogP contribution in [0.1, 0.15) is 54.4 Å². The van der Waals surface area contributed by atoms with Gasteiger partial charge in [-0.15, -0.1) is 0 Å². The fourth-order valence-corrected chi connectivity index (χ4v) is 7.27. The lowest BCUT2D eigenvalue weighted by Gasteiger charge is -2.40. The molecule has 0 saturated carbocycles. The van der Waals surface area contributed by atoms with Gasteiger partial charge in [-0.05, 0) is 101 Å². The third kappa shape index (κ3) is 6.00. The molecule has 1 aromatic carbocycles. The summed E-state index contributed by atoms with van der Waals surface area (Å²) < 4.78 is 0. The van der Waals surface area contributed by atoms with Crippen molar-refractivity contribution in [2.45, 2.75) is 51.1 Å². The van der Waals surface area contributed by atoms with E-state index in [9.17, 15) is 14.4 Å². The van der Waals surface area contributed by atoms with E-state index in [1.165, 1.54) is 65.0 Å². The van der Waals surface area contributed by atoms with Gasteiger partial charge in [0.05, 0.1) is 0 Å². The van der Waals surface area contributed by atoms with E-state index >= 15 is 0 Å². The van der Waals surface area contributed by atoms with E-state index in [1.807, 2.05) is 6.07 Å². The number of carbonyl (C=O) groups excluding carboxylic acids is 3. The minimum atomic E-state index is -0.560. The molecule has 5 heterocycles. The van der Waals surface area contributed by atoms with Crippen LogP contribution in [-0.2, 0) is 16.1 Å². The second-order valence-corrected chi connectivity index (χ2v) is 12.5. The van der Waals surface area contributed by atoms with Gasteiger partial charge in [0.1, 0.15) is 6.04 Å². The summed E-state index contributed by atoms with van der Waals surface area (Å²) >= 11 is 0. The fourth-order valence-electron chi connectivity index (χ4n) is 7.27. The Balaban J connectivity index is 0.956. The number of hydrogen-bond donors (Lipinski definition) is 1. The molecular formula is C30H44N6O3. The maximum atomic E-state index is 13.0. The molecular weight excluding hydrogens is 492 g/mol. The van der Waals surface area contributed by atoms with Gasteiger partial charge in [0, 0.05) is 63.5 Å². The molecule has 1 atom stereocenters. The van der Waals surface area contributed by atoms with Crippen molar-refractivity contribution in [3.8, 4) is 0 Å². The maximum absolute atomic E-state index is 13.0. The zero-order chi connectivity index (χ0) is 26.9. The number of piperazine rings is 1. The van der Waals surface area contributed by atoms with E-state index in [-0.39, 0.29) is 24.1 Å². The molecule has 9 nitrogen and oxygen atoms in total. The lowest BCUT2D eigenvalue weighted by molar-refractivity contribution is -0.136. The van der Waals surface area contributed by atoms with Gasteiger partial charge in [-0.25, -0.2) is 0 Å². The Labute approximate surface area is 232 Å². The topological polar surface area (TPSA) is 79.4 Å². The van der Waals surface area contributed by atoms with Gasteiger partial charge < -0.3 is 19.6 Å². The average Bonchev–Trinajstić information content (AvgIpc) is 3.27. The van der Waals surface area contributed by atoms with Crippen LogP contribution >= 0.6 is 0 Å². The predicted octanol–water partition coefficient (Wildman–Crippen LogP) is 1.62. The first-order valence-electron chi connectivity index (χ1n) is 15.1. The molecule has 1 aromatic rings. The van der Waals surface area contributed by atoms with Gasteiger partial charge in [0.25, 0.3) is 5.91 Å². The molecule has 3 amide bonds. The third-order valence-electron chi connectivity index (χ3n) is 9.82. The number of piperidine rings is 3. The van der Waals surface area contributed by atoms with Crippen LogP contribution < -0.4 is 10.2 Å². The smallest absolute Gasteiger partial charge is 0.255 e. The van der Waals surface area contributed by atoms with Gasteiger partial charge in [0.2, 0.25) is 11.8 Å². The van der Waals surface area contributed by atoms with E-state index < -0.39 is 6.04 Å². The van der Waals surface area contributed by atoms with Crippen LogP contribution in [0.5, 0.6) is 0 Å². The van der Waals surface area contributed by atoms with Gasteiger partial charge in [-0.2, -0.15) is 0 Å². The van der Waals surface area contributed by atoms with Crippen molar-refractivity contribution in [1.82, 2.24) is 24.9 Å². The number of carbonyl (C=O) groups is 3. The van der Waals surface area contributed by atoms with Crippen LogP contribution in [0.3, 0.4) is 0 Å². The maximum Gasteiger partial charge on any atom is 0.255 e. The zero-order valence-corrected chi connectivity index (χ0v) is 23.4. The van der Waals surface area contributed by atoms with Crippen LogP contribution in [0, 0.1) is 11.8 Å². The van der Waals surface area contributed by atoms with E-state index in [4.69, 9.17) is 0 Å². The SMILES string of the molecule is CN1CCC(CN2CCC(CN3CCN(c4ccc5c(c4)CN(C4CCC(=O)NC4=O)C5=O)CC3)CC2)CC1. The third-order valence-corrected chi connectivity index (χ3v) is 9.82. The summed E-state index contributed by atoms with van der Waals surface area (Å²) in [6.07, 6.45) is 6.06. The van der Waals surface area contributed by atoms with Crippen LogP contribution in [0.15, 0.2) is 18.2 Å². The normalized spacial score (nSPS) is 26.8. The van der Waals surface area contributed by atoms with Crippen molar-refractivity contribution in [2.75, 3.05) is 77.4 Å². The largest absolute Gasteiger partial charge is 0.369 e. The van der Waals surface area contributed by atoms with Crippen LogP contribution in [-0.4, -0.2) is 116 Å². The standard InChI is InChI=1S/C30H44N6O3/c1-32-10-6-22(7-11-32)19-33-12-8-23(9-13-33)20-34-14-16-35(17-15-34)25-2-3-26-24(18-25)21-36(30(26)39)27-4-5-28(37)31-29(27)38/h2-3,18,22-23,27H,4-17,19-21H2,1H3,(H,31,37,38). The summed E-state index contributed by atoms with van der Waals surface area (Å²) in [7, 11) is 2.24. The molecule has 5 aliphatic rings. The lowest BCUT2D eigenvalue weighted by Crippen LogP contribution is -2.52. The number of hydrogen-bond acceptors (Lipinski definition) is 7. The molecule has 0 spiro atoms. The summed E-state index contributed by atoms with van der Waals surface area (Å²) in [4.78, 5) is 48.8. The Morgan fingerprint density at radius 3 is 2.10 bits per heavy atom. The van der Waals surface area contributed by atoms with Gasteiger partial charge >= 0.3 is 0 Å². The van der Waals surface area contributed by atoms with E-state index in [2.05, 4.69) is 44.1 Å². The van der Waals surface area contributed by atoms with Crippen molar-refractivity contribution < 1.29 is 14.4 Å². The number of imide groups is 1. The first kappa shape index (κ1) is 26.7. The molecule has 0 aliphatic carbocycles. The Morgan fingerprint density at radius 1 is 0.795 bits per heavy atom. The van der Waals surface area contributed by atoms with Gasteiger partial charge in [-0.1, -0.05) is 0 Å². The molecule has 0 bridgehead atoms. The Morgan fingerprint density at radius 2 is 1.44 bits per heavy atom. The van der Waals surface area contributed by atoms with Gasteiger partial charge in [-0.3, -0.25) is 24.6 Å². The highest BCUT2D eigenvalue weighted by Gasteiger charge is 2.39. The molecule has 4 fully saturated rings. The molecule has 1 N–H and O–H groups in total. The summed E-state index contributed by atoms with van der Waals surface area (Å²) in [6, 6.07) is 5.55. The fraction of sp³-hybridized carbons (Fsp3) is 0.700. The second-order valence-electron chi connectivity index (χ2n) is 12.5. The quantitative estimate of drug-likeness (QED) is 0.554. The lowest BCUT2D eigenvalue weighted by atomic mass is 9.92. The number of nitrogens with one attached hydrogen (secondary N) is 1. The second kappa shape index (κ2) is 11.6. The van der Waals surface area contributed by atoms with Crippen molar-refractivity contribution in [3.63, 3.8) is 0 Å². The van der Waals surface area contributed by atoms with Crippen LogP contribution in [0.2, 0.25) is 0 Å². The molecule has 6 rings (SSSR count). The first-order chi connectivity index (χ1) is 18.9. The summed E-state index contributed by atoms with van der Waals surface area (Å²) in [5.74, 6) is 0.994. The van der Waals surface area contributed by atoms with E-state index in [1.54, 1.807) is 4.90 Å². The number of fused-ring (bicyclic) bond motifs is 1. The molecule has 1 unspecified atom stereocenters. The zero-order valence-electron chi connectivity index (χ0n) is 23.4. The minimum absolute atomic E-state index is 0.103. The minimum Gasteiger partial charge on any atom is -0.369 e. The Kier molecular flexibility index (Phi) is 7.91. The van der Waals surface area contributed by atoms with E-state index in [0.29, 0.717) is 18.5 Å². The number of amides is 3. The van der Waals surface area contributed by atoms with E-state index in [0.717, 1.165) is 49.3 Å². The molecule has 4 saturated heterocycles. The number of nitrogens with zero attached hydrogens (tertiary/aromatic N) is 5. The molecule has 39 heavy (non-hydrogen) atoms. The average molecular weight is 537 g/mol. The highest BCUT2D eigenvalue weighted by Crippen LogP contribution is 2.31. The predicted molar refractivity (Wildman–Crippen MR) is 151 cm³/mol. The number of likely N-dealkylation sites (tertiary alicyclic amines) is 2. The van der Waals surface area contributed by atoms with Crippen molar-refractivity contribution in [1.29, 1.82) is 0 Å². The van der Waals surface area contributed by atoms with Crippen molar-refractivity contribution >= 4 is 23.4 Å². The highest BCUT2D eigenvalue weighted by atomic mass is 16.2. The summed E-state index contributed by atoms with van der Waals surface area (Å²) in [5.41, 5.74) is 2.83. The van der Waals surface area contributed by atoms with Crippen LogP contribution in [0.25, 0.3) is 0 Å². The Hall–Kier alpha value is -2.49. The van der Waals surface area contributed by atoms with Crippen molar-refractivity contribution in [2.24, 2.45) is 11.8 Å². The monoisotopic (exact) mass is 536 g/mol.